The van der Waals surface area contributed by atoms with E-state index in [2.05, 4.69) is 27.3 Å². The number of aliphatic imine (C=N–C) groups is 1. The van der Waals surface area contributed by atoms with Gasteiger partial charge in [-0.05, 0) is 12.1 Å². The van der Waals surface area contributed by atoms with Crippen LogP contribution in [0.1, 0.15) is 5.56 Å². The Labute approximate surface area is 142 Å². The number of rotatable bonds is 5. The first kappa shape index (κ1) is 17.2. The van der Waals surface area contributed by atoms with Gasteiger partial charge in [-0.15, -0.1) is 30.6 Å². The molecular weight excluding hydrogens is 377 g/mol. The van der Waals surface area contributed by atoms with Crippen molar-refractivity contribution in [3.05, 3.63) is 60.9 Å². The lowest BCUT2D eigenvalue weighted by Crippen LogP contribution is -2.36. The summed E-state index contributed by atoms with van der Waals surface area (Å²) in [7, 11) is 1.74. The Hall–Kier alpha value is -1.83. The molecule has 6 heteroatoms. The number of halogens is 1. The first-order valence-electron chi connectivity index (χ1n) is 6.48. The Morgan fingerprint density at radius 1 is 1.33 bits per heavy atom. The number of nitrogens with one attached hydrogen (secondary N) is 2. The van der Waals surface area contributed by atoms with E-state index in [-0.39, 0.29) is 24.0 Å². The summed E-state index contributed by atoms with van der Waals surface area (Å²) in [5.74, 6) is 0.748. The smallest absolute Gasteiger partial charge is 0.191 e. The van der Waals surface area contributed by atoms with Gasteiger partial charge < -0.3 is 10.6 Å². The molecule has 2 aromatic rings. The van der Waals surface area contributed by atoms with Gasteiger partial charge in [0.2, 0.25) is 0 Å². The Bertz CT molecular complexity index is 577. The maximum absolute atomic E-state index is 4.35. The van der Waals surface area contributed by atoms with Crippen molar-refractivity contribution in [1.29, 1.82) is 0 Å². The average Bonchev–Trinajstić information content (AvgIpc) is 2.97. The summed E-state index contributed by atoms with van der Waals surface area (Å²) in [4.78, 5) is 4.13. The molecular formula is C15H20IN5. The molecule has 0 radical (unpaired) electrons. The van der Waals surface area contributed by atoms with Crippen LogP contribution in [0.3, 0.4) is 0 Å². The van der Waals surface area contributed by atoms with Crippen LogP contribution in [0.15, 0.2) is 60.4 Å². The Kier molecular flexibility index (Phi) is 7.52. The van der Waals surface area contributed by atoms with Gasteiger partial charge in [0.25, 0.3) is 0 Å². The Morgan fingerprint density at radius 3 is 2.76 bits per heavy atom. The summed E-state index contributed by atoms with van der Waals surface area (Å²) in [6, 6.07) is 10.0. The van der Waals surface area contributed by atoms with E-state index in [1.54, 1.807) is 13.1 Å². The molecule has 0 spiro atoms. The fraction of sp³-hybridized carbons (Fsp3) is 0.200. The third-order valence-corrected chi connectivity index (χ3v) is 2.75. The molecule has 0 bridgehead atoms. The molecule has 0 amide bonds. The second-order valence-electron chi connectivity index (χ2n) is 4.22. The van der Waals surface area contributed by atoms with E-state index in [1.165, 1.54) is 0 Å². The maximum atomic E-state index is 4.35. The first-order chi connectivity index (χ1) is 9.83. The molecule has 5 nitrogen and oxygen atoms in total. The number of guanidine groups is 1. The SMILES string of the molecule is C=CCNC(=NC)NCc1cnn(-c2ccccc2)c1.I. The lowest BCUT2D eigenvalue weighted by Gasteiger charge is -2.08. The monoisotopic (exact) mass is 397 g/mol. The van der Waals surface area contributed by atoms with Crippen LogP contribution in [0, 0.1) is 0 Å². The minimum absolute atomic E-state index is 0. The highest BCUT2D eigenvalue weighted by molar-refractivity contribution is 14.0. The summed E-state index contributed by atoms with van der Waals surface area (Å²) < 4.78 is 1.86. The molecule has 1 heterocycles. The van der Waals surface area contributed by atoms with E-state index in [1.807, 2.05) is 47.4 Å². The highest BCUT2D eigenvalue weighted by atomic mass is 127. The van der Waals surface area contributed by atoms with Gasteiger partial charge >= 0.3 is 0 Å². The van der Waals surface area contributed by atoms with E-state index in [9.17, 15) is 0 Å². The highest BCUT2D eigenvalue weighted by Crippen LogP contribution is 2.07. The van der Waals surface area contributed by atoms with Crippen molar-refractivity contribution in [3.63, 3.8) is 0 Å². The lowest BCUT2D eigenvalue weighted by molar-refractivity contribution is 0.845. The number of benzene rings is 1. The number of nitrogens with zero attached hydrogens (tertiary/aromatic N) is 3. The minimum atomic E-state index is 0. The maximum Gasteiger partial charge on any atom is 0.191 e. The highest BCUT2D eigenvalue weighted by Gasteiger charge is 2.01. The third-order valence-electron chi connectivity index (χ3n) is 2.75. The van der Waals surface area contributed by atoms with Gasteiger partial charge in [-0.2, -0.15) is 5.10 Å². The number of aromatic nitrogens is 2. The van der Waals surface area contributed by atoms with Crippen LogP contribution in [0.25, 0.3) is 5.69 Å². The molecule has 0 fully saturated rings. The van der Waals surface area contributed by atoms with Crippen molar-refractivity contribution >= 4 is 29.9 Å². The van der Waals surface area contributed by atoms with E-state index in [0.717, 1.165) is 17.2 Å². The van der Waals surface area contributed by atoms with Crippen molar-refractivity contribution in [3.8, 4) is 5.69 Å². The fourth-order valence-corrected chi connectivity index (χ4v) is 1.75. The zero-order chi connectivity index (χ0) is 14.2. The standard InChI is InChI=1S/C15H19N5.HI/c1-3-9-17-15(16-2)18-10-13-11-19-20(12-13)14-7-5-4-6-8-14;/h3-8,11-12H,1,9-10H2,2H3,(H2,16,17,18);1H. The van der Waals surface area contributed by atoms with E-state index < -0.39 is 0 Å². The second-order valence-corrected chi connectivity index (χ2v) is 4.22. The van der Waals surface area contributed by atoms with E-state index in [0.29, 0.717) is 13.1 Å². The van der Waals surface area contributed by atoms with Crippen molar-refractivity contribution in [2.24, 2.45) is 4.99 Å². The summed E-state index contributed by atoms with van der Waals surface area (Å²) >= 11 is 0. The molecule has 0 saturated carbocycles. The molecule has 1 aromatic heterocycles. The summed E-state index contributed by atoms with van der Waals surface area (Å²) in [5.41, 5.74) is 2.14. The Balaban J connectivity index is 0.00000220. The first-order valence-corrected chi connectivity index (χ1v) is 6.48. The van der Waals surface area contributed by atoms with Crippen LogP contribution in [0.4, 0.5) is 0 Å². The molecule has 0 aliphatic heterocycles. The molecule has 112 valence electrons. The van der Waals surface area contributed by atoms with Crippen molar-refractivity contribution < 1.29 is 0 Å². The lowest BCUT2D eigenvalue weighted by atomic mass is 10.3. The largest absolute Gasteiger partial charge is 0.353 e. The zero-order valence-corrected chi connectivity index (χ0v) is 14.3. The van der Waals surface area contributed by atoms with E-state index in [4.69, 9.17) is 0 Å². The van der Waals surface area contributed by atoms with Crippen molar-refractivity contribution in [2.75, 3.05) is 13.6 Å². The van der Waals surface area contributed by atoms with Crippen LogP contribution >= 0.6 is 24.0 Å². The minimum Gasteiger partial charge on any atom is -0.353 e. The predicted octanol–water partition coefficient (Wildman–Crippen LogP) is 2.34. The van der Waals surface area contributed by atoms with Crippen molar-refractivity contribution in [1.82, 2.24) is 20.4 Å². The molecule has 1 aromatic carbocycles. The molecule has 0 unspecified atom stereocenters. The van der Waals surface area contributed by atoms with Crippen LogP contribution in [0.2, 0.25) is 0 Å². The number of hydrogen-bond donors (Lipinski definition) is 2. The number of para-hydroxylation sites is 1. The van der Waals surface area contributed by atoms with Crippen LogP contribution < -0.4 is 10.6 Å². The topological polar surface area (TPSA) is 54.2 Å². The van der Waals surface area contributed by atoms with Gasteiger partial charge in [0, 0.05) is 31.9 Å². The normalized spacial score (nSPS) is 10.6. The molecule has 21 heavy (non-hydrogen) atoms. The molecule has 2 N–H and O–H groups in total. The summed E-state index contributed by atoms with van der Waals surface area (Å²) in [6.45, 7) is 5.02. The van der Waals surface area contributed by atoms with Crippen molar-refractivity contribution in [2.45, 2.75) is 6.54 Å². The quantitative estimate of drug-likeness (QED) is 0.353. The average molecular weight is 397 g/mol. The molecule has 0 aliphatic carbocycles. The van der Waals surface area contributed by atoms with Gasteiger partial charge in [0.05, 0.1) is 11.9 Å². The zero-order valence-electron chi connectivity index (χ0n) is 12.0. The van der Waals surface area contributed by atoms with Crippen LogP contribution in [-0.4, -0.2) is 29.3 Å². The summed E-state index contributed by atoms with van der Waals surface area (Å²) in [5, 5.41) is 10.7. The van der Waals surface area contributed by atoms with Gasteiger partial charge in [0.15, 0.2) is 5.96 Å². The van der Waals surface area contributed by atoms with Crippen LogP contribution in [0.5, 0.6) is 0 Å². The molecule has 2 rings (SSSR count). The van der Waals surface area contributed by atoms with Crippen LogP contribution in [-0.2, 0) is 6.54 Å². The second kappa shape index (κ2) is 9.17. The third kappa shape index (κ3) is 5.22. The molecule has 0 atom stereocenters. The Morgan fingerprint density at radius 2 is 2.10 bits per heavy atom. The van der Waals surface area contributed by atoms with E-state index >= 15 is 0 Å². The van der Waals surface area contributed by atoms with Gasteiger partial charge in [-0.1, -0.05) is 24.3 Å². The number of hydrogen-bond acceptors (Lipinski definition) is 2. The molecule has 0 saturated heterocycles. The van der Waals surface area contributed by atoms with Gasteiger partial charge in [0.1, 0.15) is 0 Å². The summed E-state index contributed by atoms with van der Waals surface area (Å²) in [6.07, 6.45) is 5.64. The van der Waals surface area contributed by atoms with Gasteiger partial charge in [-0.25, -0.2) is 4.68 Å². The predicted molar refractivity (Wildman–Crippen MR) is 97.4 cm³/mol. The van der Waals surface area contributed by atoms with Gasteiger partial charge in [-0.3, -0.25) is 4.99 Å². The molecule has 0 aliphatic rings. The fourth-order valence-electron chi connectivity index (χ4n) is 1.75.